The normalized spacial score (nSPS) is 9.21. The summed E-state index contributed by atoms with van der Waals surface area (Å²) in [5.74, 6) is 4.77. The molecule has 0 saturated heterocycles. The number of amides is 2. The highest BCUT2D eigenvalue weighted by Crippen LogP contribution is 2.11. The molecule has 0 aliphatic rings. The number of rotatable bonds is 2. The van der Waals surface area contributed by atoms with Crippen LogP contribution in [0.1, 0.15) is 10.4 Å². The second kappa shape index (κ2) is 4.24. The second-order valence-corrected chi connectivity index (χ2v) is 2.42. The van der Waals surface area contributed by atoms with Gasteiger partial charge in [-0.3, -0.25) is 10.2 Å². The lowest BCUT2D eigenvalue weighted by molar-refractivity contribution is 0.0953. The van der Waals surface area contributed by atoms with Gasteiger partial charge in [-0.25, -0.2) is 10.6 Å². The predicted octanol–water partition coefficient (Wildman–Crippen LogP) is -0.252. The lowest BCUT2D eigenvalue weighted by Crippen LogP contribution is -2.29. The highest BCUT2D eigenvalue weighted by Gasteiger charge is 2.03. The van der Waals surface area contributed by atoms with Crippen molar-refractivity contribution in [2.45, 2.75) is 0 Å². The SMILES string of the molecule is NNC(=O)c1ccc(OC(N)=O)cc1. The molecule has 0 fully saturated rings. The van der Waals surface area contributed by atoms with Gasteiger partial charge in [-0.05, 0) is 24.3 Å². The van der Waals surface area contributed by atoms with Crippen molar-refractivity contribution in [1.82, 2.24) is 5.43 Å². The minimum absolute atomic E-state index is 0.270. The zero-order valence-corrected chi connectivity index (χ0v) is 7.19. The molecule has 0 aliphatic heterocycles. The summed E-state index contributed by atoms with van der Waals surface area (Å²) < 4.78 is 4.56. The number of carbonyl (C=O) groups is 2. The number of hydrogen-bond acceptors (Lipinski definition) is 4. The van der Waals surface area contributed by atoms with Crippen molar-refractivity contribution in [3.05, 3.63) is 29.8 Å². The van der Waals surface area contributed by atoms with E-state index in [4.69, 9.17) is 11.6 Å². The van der Waals surface area contributed by atoms with E-state index in [1.165, 1.54) is 24.3 Å². The van der Waals surface area contributed by atoms with Crippen LogP contribution in [0.3, 0.4) is 0 Å². The maximum Gasteiger partial charge on any atom is 0.409 e. The van der Waals surface area contributed by atoms with Crippen molar-refractivity contribution in [3.63, 3.8) is 0 Å². The van der Waals surface area contributed by atoms with E-state index in [0.29, 0.717) is 5.56 Å². The fourth-order valence-electron chi connectivity index (χ4n) is 0.874. The standard InChI is InChI=1S/C8H9N3O3/c9-8(13)14-6-3-1-5(2-4-6)7(12)11-10/h1-4H,10H2,(H2,9,13)(H,11,12). The zero-order valence-electron chi connectivity index (χ0n) is 7.19. The minimum Gasteiger partial charge on any atom is -0.411 e. The maximum atomic E-state index is 11.0. The first-order valence-electron chi connectivity index (χ1n) is 3.72. The number of nitrogen functional groups attached to an aromatic ring is 1. The Morgan fingerprint density at radius 2 is 1.79 bits per heavy atom. The minimum atomic E-state index is -0.902. The Hall–Kier alpha value is -2.08. The van der Waals surface area contributed by atoms with Gasteiger partial charge in [0.1, 0.15) is 5.75 Å². The van der Waals surface area contributed by atoms with Crippen molar-refractivity contribution < 1.29 is 14.3 Å². The van der Waals surface area contributed by atoms with Gasteiger partial charge in [-0.2, -0.15) is 0 Å². The fraction of sp³-hybridized carbons (Fsp3) is 0. The summed E-state index contributed by atoms with van der Waals surface area (Å²) >= 11 is 0. The van der Waals surface area contributed by atoms with Crippen LogP contribution in [0.4, 0.5) is 4.79 Å². The molecule has 0 unspecified atom stereocenters. The summed E-state index contributed by atoms with van der Waals surface area (Å²) in [7, 11) is 0. The number of hydrazine groups is 1. The summed E-state index contributed by atoms with van der Waals surface area (Å²) in [6.07, 6.45) is -0.902. The third-order valence-corrected chi connectivity index (χ3v) is 1.47. The molecule has 2 amide bonds. The summed E-state index contributed by atoms with van der Waals surface area (Å²) in [5, 5.41) is 0. The monoisotopic (exact) mass is 195 g/mol. The third kappa shape index (κ3) is 2.46. The smallest absolute Gasteiger partial charge is 0.409 e. The largest absolute Gasteiger partial charge is 0.411 e. The Bertz CT molecular complexity index is 347. The molecule has 0 radical (unpaired) electrons. The quantitative estimate of drug-likeness (QED) is 0.343. The number of nitrogens with one attached hydrogen (secondary N) is 1. The fourth-order valence-corrected chi connectivity index (χ4v) is 0.874. The molecule has 0 spiro atoms. The van der Waals surface area contributed by atoms with Crippen LogP contribution in [0.25, 0.3) is 0 Å². The summed E-state index contributed by atoms with van der Waals surface area (Å²) in [6, 6.07) is 5.80. The van der Waals surface area contributed by atoms with Gasteiger partial charge in [0.05, 0.1) is 0 Å². The van der Waals surface area contributed by atoms with Crippen molar-refractivity contribution in [1.29, 1.82) is 0 Å². The lowest BCUT2D eigenvalue weighted by atomic mass is 10.2. The van der Waals surface area contributed by atoms with Gasteiger partial charge in [-0.15, -0.1) is 0 Å². The summed E-state index contributed by atoms with van der Waals surface area (Å²) in [5.41, 5.74) is 7.12. The third-order valence-electron chi connectivity index (χ3n) is 1.47. The number of hydrogen-bond donors (Lipinski definition) is 3. The van der Waals surface area contributed by atoms with Gasteiger partial charge in [0.2, 0.25) is 0 Å². The Morgan fingerprint density at radius 1 is 1.21 bits per heavy atom. The predicted molar refractivity (Wildman–Crippen MR) is 48.3 cm³/mol. The van der Waals surface area contributed by atoms with E-state index in [1.54, 1.807) is 0 Å². The van der Waals surface area contributed by atoms with E-state index in [-0.39, 0.29) is 5.75 Å². The number of primary amides is 1. The van der Waals surface area contributed by atoms with Crippen molar-refractivity contribution in [3.8, 4) is 5.75 Å². The van der Waals surface area contributed by atoms with Gasteiger partial charge < -0.3 is 10.5 Å². The number of nitrogens with two attached hydrogens (primary N) is 2. The topological polar surface area (TPSA) is 107 Å². The van der Waals surface area contributed by atoms with Gasteiger partial charge in [0.15, 0.2) is 0 Å². The maximum absolute atomic E-state index is 11.0. The first-order valence-corrected chi connectivity index (χ1v) is 3.72. The Labute approximate surface area is 79.8 Å². The summed E-state index contributed by atoms with van der Waals surface area (Å²) in [4.78, 5) is 21.3. The van der Waals surface area contributed by atoms with Crippen LogP contribution in [0, 0.1) is 0 Å². The summed E-state index contributed by atoms with van der Waals surface area (Å²) in [6.45, 7) is 0. The second-order valence-electron chi connectivity index (χ2n) is 2.42. The van der Waals surface area contributed by atoms with Crippen LogP contribution >= 0.6 is 0 Å². The number of carbonyl (C=O) groups excluding carboxylic acids is 2. The molecule has 0 bridgehead atoms. The highest BCUT2D eigenvalue weighted by molar-refractivity contribution is 5.93. The molecule has 6 heteroatoms. The molecule has 1 aromatic carbocycles. The molecule has 0 saturated carbocycles. The molecule has 74 valence electrons. The van der Waals surface area contributed by atoms with E-state index < -0.39 is 12.0 Å². The first-order chi connectivity index (χ1) is 6.63. The van der Waals surface area contributed by atoms with Crippen molar-refractivity contribution in [2.24, 2.45) is 11.6 Å². The number of ether oxygens (including phenoxy) is 1. The van der Waals surface area contributed by atoms with Crippen LogP contribution in [0.2, 0.25) is 0 Å². The molecule has 1 aromatic rings. The zero-order chi connectivity index (χ0) is 10.6. The van der Waals surface area contributed by atoms with E-state index in [0.717, 1.165) is 0 Å². The molecule has 0 aliphatic carbocycles. The van der Waals surface area contributed by atoms with Gasteiger partial charge in [0, 0.05) is 5.56 Å². The molecule has 0 heterocycles. The van der Waals surface area contributed by atoms with E-state index in [9.17, 15) is 9.59 Å². The molecular formula is C8H9N3O3. The van der Waals surface area contributed by atoms with Gasteiger partial charge >= 0.3 is 6.09 Å². The molecule has 0 aromatic heterocycles. The molecule has 5 N–H and O–H groups in total. The highest BCUT2D eigenvalue weighted by atomic mass is 16.5. The molecular weight excluding hydrogens is 186 g/mol. The average molecular weight is 195 g/mol. The van der Waals surface area contributed by atoms with Crippen LogP contribution in [-0.2, 0) is 0 Å². The van der Waals surface area contributed by atoms with Crippen LogP contribution in [-0.4, -0.2) is 12.0 Å². The molecule has 6 nitrogen and oxygen atoms in total. The molecule has 0 atom stereocenters. The first kappa shape index (κ1) is 10.0. The van der Waals surface area contributed by atoms with Crippen LogP contribution in [0.15, 0.2) is 24.3 Å². The van der Waals surface area contributed by atoms with Crippen LogP contribution in [0.5, 0.6) is 5.75 Å². The Kier molecular flexibility index (Phi) is 3.03. The van der Waals surface area contributed by atoms with E-state index >= 15 is 0 Å². The van der Waals surface area contributed by atoms with E-state index in [1.807, 2.05) is 5.43 Å². The van der Waals surface area contributed by atoms with Crippen LogP contribution < -0.4 is 21.7 Å². The molecule has 1 rings (SSSR count). The molecule has 14 heavy (non-hydrogen) atoms. The Morgan fingerprint density at radius 3 is 2.21 bits per heavy atom. The van der Waals surface area contributed by atoms with Gasteiger partial charge in [0.25, 0.3) is 5.91 Å². The van der Waals surface area contributed by atoms with Crippen molar-refractivity contribution >= 4 is 12.0 Å². The Balaban J connectivity index is 2.78. The van der Waals surface area contributed by atoms with Gasteiger partial charge in [-0.1, -0.05) is 0 Å². The average Bonchev–Trinajstić information content (AvgIpc) is 2.17. The lowest BCUT2D eigenvalue weighted by Gasteiger charge is -2.02. The van der Waals surface area contributed by atoms with Crippen molar-refractivity contribution in [2.75, 3.05) is 0 Å². The number of benzene rings is 1. The van der Waals surface area contributed by atoms with E-state index in [2.05, 4.69) is 4.74 Å².